The normalized spacial score (nSPS) is 15.0. The highest BCUT2D eigenvalue weighted by atomic mass is 16.1. The van der Waals surface area contributed by atoms with Gasteiger partial charge in [-0.25, -0.2) is 0 Å². The minimum Gasteiger partial charge on any atom is -0.378 e. The molecule has 1 aromatic carbocycles. The van der Waals surface area contributed by atoms with Gasteiger partial charge in [0.15, 0.2) is 5.78 Å². The van der Waals surface area contributed by atoms with Crippen LogP contribution in [0.2, 0.25) is 0 Å². The fourth-order valence-electron chi connectivity index (χ4n) is 3.91. The molecule has 2 aromatic rings. The highest BCUT2D eigenvalue weighted by Gasteiger charge is 2.23. The van der Waals surface area contributed by atoms with Gasteiger partial charge in [0.2, 0.25) is 0 Å². The molecule has 0 atom stereocenters. The third-order valence-corrected chi connectivity index (χ3v) is 5.43. The Hall–Kier alpha value is -2.03. The lowest BCUT2D eigenvalue weighted by Gasteiger charge is -2.17. The van der Waals surface area contributed by atoms with Gasteiger partial charge >= 0.3 is 0 Å². The van der Waals surface area contributed by atoms with Crippen molar-refractivity contribution in [1.29, 1.82) is 0 Å². The van der Waals surface area contributed by atoms with Crippen LogP contribution in [0.5, 0.6) is 0 Å². The van der Waals surface area contributed by atoms with Crippen molar-refractivity contribution >= 4 is 11.5 Å². The lowest BCUT2D eigenvalue weighted by molar-refractivity contribution is 0.101. The van der Waals surface area contributed by atoms with Crippen LogP contribution in [-0.4, -0.2) is 16.9 Å². The van der Waals surface area contributed by atoms with Gasteiger partial charge in [-0.05, 0) is 69.9 Å². The smallest absolute Gasteiger partial charge is 0.183 e. The van der Waals surface area contributed by atoms with Crippen LogP contribution >= 0.6 is 0 Å². The van der Waals surface area contributed by atoms with Crippen LogP contribution in [0.3, 0.4) is 0 Å². The van der Waals surface area contributed by atoms with Gasteiger partial charge in [0.1, 0.15) is 0 Å². The average molecular weight is 324 g/mol. The molecule has 24 heavy (non-hydrogen) atoms. The van der Waals surface area contributed by atoms with Crippen LogP contribution in [0.1, 0.15) is 64.6 Å². The number of aromatic nitrogens is 1. The topological polar surface area (TPSA) is 34.0 Å². The Labute approximate surface area is 145 Å². The maximum atomic E-state index is 12.7. The van der Waals surface area contributed by atoms with Crippen molar-refractivity contribution < 1.29 is 4.79 Å². The molecule has 0 saturated heterocycles. The lowest BCUT2D eigenvalue weighted by Crippen LogP contribution is -2.16. The van der Waals surface area contributed by atoms with Crippen LogP contribution in [0.25, 0.3) is 0 Å². The van der Waals surface area contributed by atoms with Gasteiger partial charge in [0.05, 0.1) is 6.54 Å². The van der Waals surface area contributed by atoms with E-state index in [0.717, 1.165) is 16.9 Å². The van der Waals surface area contributed by atoms with Crippen molar-refractivity contribution in [2.45, 2.75) is 59.4 Å². The number of hydrogen-bond acceptors (Lipinski definition) is 2. The van der Waals surface area contributed by atoms with E-state index in [-0.39, 0.29) is 5.78 Å². The van der Waals surface area contributed by atoms with E-state index in [1.54, 1.807) is 0 Å². The Balaban J connectivity index is 1.73. The summed E-state index contributed by atoms with van der Waals surface area (Å²) in [6.45, 7) is 8.75. The highest BCUT2D eigenvalue weighted by molar-refractivity contribution is 6.00. The Morgan fingerprint density at radius 2 is 1.79 bits per heavy atom. The number of hydrogen-bond donors (Lipinski definition) is 1. The van der Waals surface area contributed by atoms with E-state index >= 15 is 0 Å². The van der Waals surface area contributed by atoms with Gasteiger partial charge < -0.3 is 9.88 Å². The third kappa shape index (κ3) is 3.26. The van der Waals surface area contributed by atoms with Crippen molar-refractivity contribution in [2.75, 3.05) is 11.9 Å². The lowest BCUT2D eigenvalue weighted by atomic mass is 10.1. The first-order valence-corrected chi connectivity index (χ1v) is 9.00. The van der Waals surface area contributed by atoms with E-state index in [1.165, 1.54) is 42.5 Å². The number of rotatable bonds is 5. The second kappa shape index (κ2) is 6.84. The summed E-state index contributed by atoms with van der Waals surface area (Å²) < 4.78 is 2.39. The van der Waals surface area contributed by atoms with Crippen molar-refractivity contribution in [2.24, 2.45) is 0 Å². The summed E-state index contributed by atoms with van der Waals surface area (Å²) in [6.07, 6.45) is 5.09. The molecular weight excluding hydrogens is 296 g/mol. The number of carbonyl (C=O) groups excluding carboxylic acids is 1. The zero-order valence-electron chi connectivity index (χ0n) is 15.3. The molecule has 3 heteroatoms. The zero-order valence-corrected chi connectivity index (χ0v) is 15.3. The SMILES string of the molecule is Cc1ccc(NCC(=O)c2cc(C)n(C3CCCC3)c2C)cc1C. The van der Waals surface area contributed by atoms with E-state index < -0.39 is 0 Å². The summed E-state index contributed by atoms with van der Waals surface area (Å²) in [7, 11) is 0. The number of nitrogens with zero attached hydrogens (tertiary/aromatic N) is 1. The second-order valence-electron chi connectivity index (χ2n) is 7.17. The van der Waals surface area contributed by atoms with Crippen molar-refractivity contribution in [3.8, 4) is 0 Å². The molecule has 1 fully saturated rings. The molecule has 1 N–H and O–H groups in total. The Morgan fingerprint density at radius 1 is 1.08 bits per heavy atom. The molecule has 0 unspecified atom stereocenters. The number of carbonyl (C=O) groups is 1. The van der Waals surface area contributed by atoms with Gasteiger partial charge in [-0.2, -0.15) is 0 Å². The summed E-state index contributed by atoms with van der Waals surface area (Å²) in [6, 6.07) is 8.88. The van der Waals surface area contributed by atoms with Crippen LogP contribution in [-0.2, 0) is 0 Å². The molecule has 3 rings (SSSR count). The van der Waals surface area contributed by atoms with Gasteiger partial charge in [-0.1, -0.05) is 18.9 Å². The predicted octanol–water partition coefficient (Wildman–Crippen LogP) is 5.13. The number of anilines is 1. The monoisotopic (exact) mass is 324 g/mol. The molecule has 1 heterocycles. The van der Waals surface area contributed by atoms with E-state index in [1.807, 2.05) is 6.07 Å². The van der Waals surface area contributed by atoms with E-state index in [2.05, 4.69) is 55.8 Å². The molecule has 1 aromatic heterocycles. The summed E-state index contributed by atoms with van der Waals surface area (Å²) in [4.78, 5) is 12.7. The quantitative estimate of drug-likeness (QED) is 0.773. The molecule has 0 spiro atoms. The minimum atomic E-state index is 0.172. The first-order chi connectivity index (χ1) is 11.5. The predicted molar refractivity (Wildman–Crippen MR) is 100 cm³/mol. The maximum Gasteiger partial charge on any atom is 0.183 e. The molecule has 0 bridgehead atoms. The second-order valence-corrected chi connectivity index (χ2v) is 7.17. The fourth-order valence-corrected chi connectivity index (χ4v) is 3.91. The summed E-state index contributed by atoms with van der Waals surface area (Å²) >= 11 is 0. The minimum absolute atomic E-state index is 0.172. The Bertz CT molecular complexity index is 751. The van der Waals surface area contributed by atoms with Gasteiger partial charge in [0.25, 0.3) is 0 Å². The number of ketones is 1. The fraction of sp³-hybridized carbons (Fsp3) is 0.476. The molecule has 0 radical (unpaired) electrons. The molecule has 0 aliphatic heterocycles. The van der Waals surface area contributed by atoms with Crippen molar-refractivity contribution in [3.63, 3.8) is 0 Å². The largest absolute Gasteiger partial charge is 0.378 e. The molecule has 1 aliphatic carbocycles. The molecule has 128 valence electrons. The maximum absolute atomic E-state index is 12.7. The molecular formula is C21H28N2O. The first kappa shape index (κ1) is 16.8. The number of benzene rings is 1. The van der Waals surface area contributed by atoms with E-state index in [0.29, 0.717) is 12.6 Å². The third-order valence-electron chi connectivity index (χ3n) is 5.43. The molecule has 0 amide bonds. The van der Waals surface area contributed by atoms with Crippen LogP contribution < -0.4 is 5.32 Å². The molecule has 3 nitrogen and oxygen atoms in total. The zero-order chi connectivity index (χ0) is 17.3. The number of Topliss-reactive ketones (excluding diaryl/α,β-unsaturated/α-hetero) is 1. The average Bonchev–Trinajstić information content (AvgIpc) is 3.16. The molecule has 1 saturated carbocycles. The van der Waals surface area contributed by atoms with Crippen molar-refractivity contribution in [3.05, 3.63) is 52.3 Å². The van der Waals surface area contributed by atoms with E-state index in [9.17, 15) is 4.79 Å². The van der Waals surface area contributed by atoms with Crippen LogP contribution in [0.4, 0.5) is 5.69 Å². The van der Waals surface area contributed by atoms with Crippen LogP contribution in [0, 0.1) is 27.7 Å². The highest BCUT2D eigenvalue weighted by Crippen LogP contribution is 2.33. The summed E-state index contributed by atoms with van der Waals surface area (Å²) in [5, 5.41) is 3.28. The van der Waals surface area contributed by atoms with Crippen LogP contribution in [0.15, 0.2) is 24.3 Å². The Kier molecular flexibility index (Phi) is 4.79. The molecule has 1 aliphatic rings. The summed E-state index contributed by atoms with van der Waals surface area (Å²) in [5.74, 6) is 0.172. The van der Waals surface area contributed by atoms with Gasteiger partial charge in [-0.3, -0.25) is 4.79 Å². The summed E-state index contributed by atoms with van der Waals surface area (Å²) in [5.41, 5.74) is 6.74. The van der Waals surface area contributed by atoms with Crippen molar-refractivity contribution in [1.82, 2.24) is 4.57 Å². The van der Waals surface area contributed by atoms with E-state index in [4.69, 9.17) is 0 Å². The number of aryl methyl sites for hydroxylation is 3. The first-order valence-electron chi connectivity index (χ1n) is 9.00. The standard InChI is InChI=1S/C21H28N2O/c1-14-9-10-18(11-15(14)2)22-13-21(24)20-12-16(3)23(17(20)4)19-7-5-6-8-19/h9-12,19,22H,5-8,13H2,1-4H3. The Morgan fingerprint density at radius 3 is 2.46 bits per heavy atom. The van der Waals surface area contributed by atoms with Gasteiger partial charge in [0, 0.05) is 28.7 Å². The van der Waals surface area contributed by atoms with Gasteiger partial charge in [-0.15, -0.1) is 0 Å². The number of nitrogens with one attached hydrogen (secondary N) is 1.